The highest BCUT2D eigenvalue weighted by atomic mass is 16.5. The molecule has 0 unspecified atom stereocenters. The van der Waals surface area contributed by atoms with Crippen LogP contribution in [0.1, 0.15) is 34.6 Å². The summed E-state index contributed by atoms with van der Waals surface area (Å²) in [6, 6.07) is 0.583. The molecule has 0 bridgehead atoms. The van der Waals surface area contributed by atoms with Crippen LogP contribution in [-0.2, 0) is 4.74 Å². The molecule has 0 N–H and O–H groups in total. The van der Waals surface area contributed by atoms with Crippen molar-refractivity contribution in [3.8, 4) is 0 Å². The minimum absolute atomic E-state index is 0.243. The molecule has 0 rings (SSSR count). The Labute approximate surface area is 76.9 Å². The van der Waals surface area contributed by atoms with Crippen LogP contribution in [0.3, 0.4) is 0 Å². The lowest BCUT2D eigenvalue weighted by molar-refractivity contribution is 0.0614. The zero-order valence-corrected chi connectivity index (χ0v) is 9.35. The highest BCUT2D eigenvalue weighted by Crippen LogP contribution is 2.15. The number of rotatable bonds is 4. The van der Waals surface area contributed by atoms with E-state index in [1.165, 1.54) is 0 Å². The summed E-state index contributed by atoms with van der Waals surface area (Å²) >= 11 is 0. The molecule has 0 saturated carbocycles. The Morgan fingerprint density at radius 2 is 1.75 bits per heavy atom. The molecule has 0 amide bonds. The molecule has 0 aromatic heterocycles. The number of hydrogen-bond donors (Lipinski definition) is 0. The van der Waals surface area contributed by atoms with Crippen LogP contribution in [0.15, 0.2) is 0 Å². The lowest BCUT2D eigenvalue weighted by atomic mass is 10.0. The Hall–Kier alpha value is -0.0800. The first-order valence-electron chi connectivity index (χ1n) is 4.65. The Balaban J connectivity index is 4.05. The Morgan fingerprint density at radius 3 is 2.00 bits per heavy atom. The molecule has 0 heterocycles. The van der Waals surface area contributed by atoms with Gasteiger partial charge in [0.15, 0.2) is 0 Å². The maximum atomic E-state index is 5.08. The zero-order chi connectivity index (χ0) is 9.78. The van der Waals surface area contributed by atoms with Gasteiger partial charge in [-0.3, -0.25) is 4.90 Å². The minimum atomic E-state index is 0.243. The molecule has 0 aliphatic heterocycles. The summed E-state index contributed by atoms with van der Waals surface area (Å²) in [5.74, 6) is 0. The van der Waals surface area contributed by atoms with Crippen LogP contribution in [0.4, 0.5) is 0 Å². The van der Waals surface area contributed by atoms with Gasteiger partial charge in [-0.1, -0.05) is 0 Å². The van der Waals surface area contributed by atoms with Crippen LogP contribution < -0.4 is 0 Å². The number of hydrogen-bond acceptors (Lipinski definition) is 2. The quantitative estimate of drug-likeness (QED) is 0.646. The fraction of sp³-hybridized carbons (Fsp3) is 1.00. The fourth-order valence-electron chi connectivity index (χ4n) is 1.56. The van der Waals surface area contributed by atoms with Crippen LogP contribution in [0, 0.1) is 0 Å². The zero-order valence-electron chi connectivity index (χ0n) is 9.35. The van der Waals surface area contributed by atoms with Crippen molar-refractivity contribution >= 4 is 0 Å². The van der Waals surface area contributed by atoms with Crippen molar-refractivity contribution in [2.24, 2.45) is 0 Å². The van der Waals surface area contributed by atoms with Crippen LogP contribution in [0.2, 0.25) is 0 Å². The molecule has 12 heavy (non-hydrogen) atoms. The summed E-state index contributed by atoms with van der Waals surface area (Å²) in [7, 11) is 1.75. The van der Waals surface area contributed by atoms with E-state index in [9.17, 15) is 0 Å². The Bertz CT molecular complexity index is 115. The Kier molecular flexibility index (Phi) is 4.80. The SMILES string of the molecule is COCCN(C(C)C)C(C)(C)C. The third kappa shape index (κ3) is 4.07. The molecule has 0 fully saturated rings. The van der Waals surface area contributed by atoms with Crippen LogP contribution in [0.5, 0.6) is 0 Å². The van der Waals surface area contributed by atoms with Crippen molar-refractivity contribution < 1.29 is 4.74 Å². The monoisotopic (exact) mass is 173 g/mol. The van der Waals surface area contributed by atoms with E-state index in [-0.39, 0.29) is 5.54 Å². The van der Waals surface area contributed by atoms with E-state index in [1.807, 2.05) is 0 Å². The third-order valence-corrected chi connectivity index (χ3v) is 2.02. The van der Waals surface area contributed by atoms with Gasteiger partial charge in [-0.15, -0.1) is 0 Å². The molecule has 0 aliphatic rings. The largest absolute Gasteiger partial charge is 0.383 e. The average Bonchev–Trinajstić information content (AvgIpc) is 1.84. The summed E-state index contributed by atoms with van der Waals surface area (Å²) in [5.41, 5.74) is 0.243. The highest BCUT2D eigenvalue weighted by Gasteiger charge is 2.22. The smallest absolute Gasteiger partial charge is 0.0589 e. The summed E-state index contributed by atoms with van der Waals surface area (Å²) in [6.45, 7) is 13.0. The highest BCUT2D eigenvalue weighted by molar-refractivity contribution is 4.78. The van der Waals surface area contributed by atoms with Crippen molar-refractivity contribution in [1.29, 1.82) is 0 Å². The molecule has 0 spiro atoms. The molecule has 0 aromatic rings. The molecular formula is C10H23NO. The molecule has 2 nitrogen and oxygen atoms in total. The number of ether oxygens (including phenoxy) is 1. The van der Waals surface area contributed by atoms with Gasteiger partial charge in [0.2, 0.25) is 0 Å². The standard InChI is InChI=1S/C10H23NO/c1-9(2)11(7-8-12-6)10(3,4)5/h9H,7-8H2,1-6H3. The van der Waals surface area contributed by atoms with Crippen LogP contribution >= 0.6 is 0 Å². The molecule has 0 atom stereocenters. The lowest BCUT2D eigenvalue weighted by Crippen LogP contribution is -2.47. The van der Waals surface area contributed by atoms with E-state index >= 15 is 0 Å². The predicted molar refractivity (Wildman–Crippen MR) is 53.5 cm³/mol. The van der Waals surface area contributed by atoms with Gasteiger partial charge in [-0.25, -0.2) is 0 Å². The van der Waals surface area contributed by atoms with Gasteiger partial charge in [0.05, 0.1) is 6.61 Å². The fourth-order valence-corrected chi connectivity index (χ4v) is 1.56. The molecule has 0 aliphatic carbocycles. The van der Waals surface area contributed by atoms with Crippen molar-refractivity contribution in [2.45, 2.75) is 46.2 Å². The van der Waals surface area contributed by atoms with E-state index in [4.69, 9.17) is 4.74 Å². The maximum absolute atomic E-state index is 5.08. The van der Waals surface area contributed by atoms with Crippen molar-refractivity contribution in [3.63, 3.8) is 0 Å². The summed E-state index contributed by atoms with van der Waals surface area (Å²) < 4.78 is 5.08. The first-order chi connectivity index (χ1) is 5.39. The second kappa shape index (κ2) is 4.83. The van der Waals surface area contributed by atoms with E-state index in [0.717, 1.165) is 13.2 Å². The van der Waals surface area contributed by atoms with E-state index in [2.05, 4.69) is 39.5 Å². The normalized spacial score (nSPS) is 13.0. The van der Waals surface area contributed by atoms with Gasteiger partial charge in [0, 0.05) is 25.2 Å². The lowest BCUT2D eigenvalue weighted by Gasteiger charge is -2.38. The molecule has 0 saturated heterocycles. The summed E-state index contributed by atoms with van der Waals surface area (Å²) in [5, 5.41) is 0. The molecular weight excluding hydrogens is 150 g/mol. The second-order valence-corrected chi connectivity index (χ2v) is 4.45. The molecule has 74 valence electrons. The van der Waals surface area contributed by atoms with Crippen LogP contribution in [0.25, 0.3) is 0 Å². The summed E-state index contributed by atoms with van der Waals surface area (Å²) in [4.78, 5) is 2.44. The number of nitrogens with zero attached hydrogens (tertiary/aromatic N) is 1. The third-order valence-electron chi connectivity index (χ3n) is 2.02. The topological polar surface area (TPSA) is 12.5 Å². The first kappa shape index (κ1) is 11.9. The van der Waals surface area contributed by atoms with Crippen molar-refractivity contribution in [2.75, 3.05) is 20.3 Å². The van der Waals surface area contributed by atoms with E-state index < -0.39 is 0 Å². The van der Waals surface area contributed by atoms with Gasteiger partial charge in [-0.2, -0.15) is 0 Å². The Morgan fingerprint density at radius 1 is 1.25 bits per heavy atom. The van der Waals surface area contributed by atoms with Gasteiger partial charge in [0.1, 0.15) is 0 Å². The number of methoxy groups -OCH3 is 1. The predicted octanol–water partition coefficient (Wildman–Crippen LogP) is 2.14. The van der Waals surface area contributed by atoms with Gasteiger partial charge < -0.3 is 4.74 Å². The minimum Gasteiger partial charge on any atom is -0.383 e. The average molecular weight is 173 g/mol. The van der Waals surface area contributed by atoms with Crippen molar-refractivity contribution in [1.82, 2.24) is 4.90 Å². The van der Waals surface area contributed by atoms with Gasteiger partial charge >= 0.3 is 0 Å². The van der Waals surface area contributed by atoms with Gasteiger partial charge in [0.25, 0.3) is 0 Å². The van der Waals surface area contributed by atoms with Crippen LogP contribution in [-0.4, -0.2) is 36.7 Å². The second-order valence-electron chi connectivity index (χ2n) is 4.45. The molecule has 2 heteroatoms. The molecule has 0 radical (unpaired) electrons. The first-order valence-corrected chi connectivity index (χ1v) is 4.65. The maximum Gasteiger partial charge on any atom is 0.0589 e. The molecule has 0 aromatic carbocycles. The van der Waals surface area contributed by atoms with E-state index in [1.54, 1.807) is 7.11 Å². The van der Waals surface area contributed by atoms with E-state index in [0.29, 0.717) is 6.04 Å². The van der Waals surface area contributed by atoms with Crippen molar-refractivity contribution in [3.05, 3.63) is 0 Å². The summed E-state index contributed by atoms with van der Waals surface area (Å²) in [6.07, 6.45) is 0. The van der Waals surface area contributed by atoms with Gasteiger partial charge in [-0.05, 0) is 34.6 Å².